The first kappa shape index (κ1) is 14.3. The first-order chi connectivity index (χ1) is 7.79. The minimum Gasteiger partial charge on any atom is -0.302 e. The molecule has 0 saturated carbocycles. The van der Waals surface area contributed by atoms with Crippen LogP contribution in [-0.4, -0.2) is 25.0 Å². The predicted molar refractivity (Wildman–Crippen MR) is 59.7 cm³/mol. The average molecular weight is 286 g/mol. The van der Waals surface area contributed by atoms with Crippen molar-refractivity contribution in [1.82, 2.24) is 5.32 Å². The number of carbonyl (C=O) groups is 1. The van der Waals surface area contributed by atoms with Crippen LogP contribution in [0.15, 0.2) is 18.2 Å². The molecule has 94 valence electrons. The van der Waals surface area contributed by atoms with E-state index in [1.807, 2.05) is 5.32 Å². The Kier molecular flexibility index (Phi) is 4.80. The molecule has 0 heterocycles. The summed E-state index contributed by atoms with van der Waals surface area (Å²) < 4.78 is 35.4. The summed E-state index contributed by atoms with van der Waals surface area (Å²) in [4.78, 5) is 11.5. The molecule has 0 aliphatic rings. The second-order valence-corrected chi connectivity index (χ2v) is 4.09. The maximum absolute atomic E-state index is 11.8. The molecule has 17 heavy (non-hydrogen) atoms. The van der Waals surface area contributed by atoms with E-state index in [2.05, 4.69) is 0 Å². The van der Waals surface area contributed by atoms with Gasteiger partial charge in [-0.2, -0.15) is 13.2 Å². The van der Waals surface area contributed by atoms with Gasteiger partial charge in [-0.1, -0.05) is 23.2 Å². The average Bonchev–Trinajstić information content (AvgIpc) is 2.20. The standard InChI is InChI=1S/C10H8Cl2F3NO/c11-7-2-1-6(3-8(7)12)9(17)4-16-5-10(13,14)15/h1-3,16H,4-5H2. The molecule has 1 aromatic rings. The van der Waals surface area contributed by atoms with Crippen molar-refractivity contribution in [2.75, 3.05) is 13.1 Å². The van der Waals surface area contributed by atoms with Gasteiger partial charge in [0.2, 0.25) is 0 Å². The van der Waals surface area contributed by atoms with E-state index in [-0.39, 0.29) is 15.6 Å². The maximum atomic E-state index is 11.8. The minimum atomic E-state index is -4.34. The predicted octanol–water partition coefficient (Wildman–Crippen LogP) is 3.33. The third-order valence-electron chi connectivity index (χ3n) is 1.85. The molecule has 0 fully saturated rings. The Morgan fingerprint density at radius 3 is 2.41 bits per heavy atom. The Morgan fingerprint density at radius 1 is 1.24 bits per heavy atom. The second kappa shape index (κ2) is 5.71. The summed E-state index contributed by atoms with van der Waals surface area (Å²) in [6, 6.07) is 4.15. The van der Waals surface area contributed by atoms with Gasteiger partial charge in [-0.25, -0.2) is 0 Å². The molecule has 7 heteroatoms. The van der Waals surface area contributed by atoms with Gasteiger partial charge in [-0.3, -0.25) is 4.79 Å². The molecule has 2 nitrogen and oxygen atoms in total. The highest BCUT2D eigenvalue weighted by Gasteiger charge is 2.26. The fourth-order valence-electron chi connectivity index (χ4n) is 1.09. The summed E-state index contributed by atoms with van der Waals surface area (Å²) in [5, 5.41) is 2.48. The summed E-state index contributed by atoms with van der Waals surface area (Å²) in [5.41, 5.74) is 0.217. The van der Waals surface area contributed by atoms with Crippen LogP contribution in [0.3, 0.4) is 0 Å². The van der Waals surface area contributed by atoms with E-state index in [0.29, 0.717) is 0 Å². The van der Waals surface area contributed by atoms with Gasteiger partial charge in [0.15, 0.2) is 5.78 Å². The Balaban J connectivity index is 2.56. The number of halogens is 5. The van der Waals surface area contributed by atoms with Crippen molar-refractivity contribution in [2.24, 2.45) is 0 Å². The number of ketones is 1. The van der Waals surface area contributed by atoms with Gasteiger partial charge in [0.25, 0.3) is 0 Å². The Bertz CT molecular complexity index is 421. The van der Waals surface area contributed by atoms with E-state index in [1.54, 1.807) is 0 Å². The number of Topliss-reactive ketones (excluding diaryl/α,β-unsaturated/α-hetero) is 1. The van der Waals surface area contributed by atoms with Crippen LogP contribution in [0.25, 0.3) is 0 Å². The fourth-order valence-corrected chi connectivity index (χ4v) is 1.39. The summed E-state index contributed by atoms with van der Waals surface area (Å²) in [6.45, 7) is -1.61. The molecule has 1 aromatic carbocycles. The molecule has 1 N–H and O–H groups in total. The lowest BCUT2D eigenvalue weighted by atomic mass is 10.1. The van der Waals surface area contributed by atoms with Crippen LogP contribution in [0, 0.1) is 0 Å². The molecular weight excluding hydrogens is 278 g/mol. The van der Waals surface area contributed by atoms with Crippen molar-refractivity contribution in [2.45, 2.75) is 6.18 Å². The van der Waals surface area contributed by atoms with E-state index < -0.39 is 25.0 Å². The topological polar surface area (TPSA) is 29.1 Å². The van der Waals surface area contributed by atoms with Gasteiger partial charge < -0.3 is 5.32 Å². The summed E-state index contributed by atoms with van der Waals surface area (Å²) in [6.07, 6.45) is -4.34. The lowest BCUT2D eigenvalue weighted by Gasteiger charge is -2.07. The molecule has 0 saturated heterocycles. The van der Waals surface area contributed by atoms with Gasteiger partial charge in [0.05, 0.1) is 23.1 Å². The van der Waals surface area contributed by atoms with Crippen molar-refractivity contribution >= 4 is 29.0 Å². The zero-order chi connectivity index (χ0) is 13.1. The molecule has 0 spiro atoms. The Morgan fingerprint density at radius 2 is 1.88 bits per heavy atom. The number of hydrogen-bond acceptors (Lipinski definition) is 2. The van der Waals surface area contributed by atoms with Gasteiger partial charge >= 0.3 is 6.18 Å². The normalized spacial score (nSPS) is 11.6. The van der Waals surface area contributed by atoms with Crippen LogP contribution in [0.4, 0.5) is 13.2 Å². The van der Waals surface area contributed by atoms with Gasteiger partial charge in [0, 0.05) is 5.56 Å². The molecule has 0 amide bonds. The van der Waals surface area contributed by atoms with Crippen molar-refractivity contribution < 1.29 is 18.0 Å². The smallest absolute Gasteiger partial charge is 0.302 e. The number of carbonyl (C=O) groups excluding carboxylic acids is 1. The molecule has 0 atom stereocenters. The highest BCUT2D eigenvalue weighted by atomic mass is 35.5. The van der Waals surface area contributed by atoms with Crippen molar-refractivity contribution in [3.05, 3.63) is 33.8 Å². The first-order valence-electron chi connectivity index (χ1n) is 4.55. The largest absolute Gasteiger partial charge is 0.401 e. The van der Waals surface area contributed by atoms with E-state index in [1.165, 1.54) is 18.2 Å². The van der Waals surface area contributed by atoms with Crippen LogP contribution in [0.5, 0.6) is 0 Å². The molecular formula is C10H8Cl2F3NO. The fraction of sp³-hybridized carbons (Fsp3) is 0.300. The van der Waals surface area contributed by atoms with Crippen LogP contribution in [0.1, 0.15) is 10.4 Å². The van der Waals surface area contributed by atoms with E-state index in [0.717, 1.165) is 0 Å². The molecule has 0 radical (unpaired) electrons. The highest BCUT2D eigenvalue weighted by molar-refractivity contribution is 6.42. The van der Waals surface area contributed by atoms with Crippen molar-refractivity contribution in [3.63, 3.8) is 0 Å². The monoisotopic (exact) mass is 285 g/mol. The zero-order valence-corrected chi connectivity index (χ0v) is 9.96. The van der Waals surface area contributed by atoms with Gasteiger partial charge in [0.1, 0.15) is 0 Å². The second-order valence-electron chi connectivity index (χ2n) is 3.27. The van der Waals surface area contributed by atoms with Gasteiger partial charge in [-0.05, 0) is 18.2 Å². The van der Waals surface area contributed by atoms with Crippen LogP contribution >= 0.6 is 23.2 Å². The SMILES string of the molecule is O=C(CNCC(F)(F)F)c1ccc(Cl)c(Cl)c1. The zero-order valence-electron chi connectivity index (χ0n) is 8.44. The summed E-state index contributed by atoms with van der Waals surface area (Å²) in [5.74, 6) is -0.479. The highest BCUT2D eigenvalue weighted by Crippen LogP contribution is 2.22. The van der Waals surface area contributed by atoms with Gasteiger partial charge in [-0.15, -0.1) is 0 Å². The third kappa shape index (κ3) is 4.93. The lowest BCUT2D eigenvalue weighted by molar-refractivity contribution is -0.124. The lowest BCUT2D eigenvalue weighted by Crippen LogP contribution is -2.32. The number of nitrogens with one attached hydrogen (secondary N) is 1. The quantitative estimate of drug-likeness (QED) is 0.860. The molecule has 0 aliphatic carbocycles. The number of benzene rings is 1. The molecule has 0 aliphatic heterocycles. The third-order valence-corrected chi connectivity index (χ3v) is 2.59. The first-order valence-corrected chi connectivity index (χ1v) is 5.31. The summed E-state index contributed by atoms with van der Waals surface area (Å²) in [7, 11) is 0. The van der Waals surface area contributed by atoms with E-state index in [4.69, 9.17) is 23.2 Å². The number of rotatable bonds is 4. The Hall–Kier alpha value is -0.780. The van der Waals surface area contributed by atoms with Crippen molar-refractivity contribution in [3.8, 4) is 0 Å². The molecule has 1 rings (SSSR count). The molecule has 0 unspecified atom stereocenters. The van der Waals surface area contributed by atoms with E-state index in [9.17, 15) is 18.0 Å². The Labute approximate surface area is 106 Å². The van der Waals surface area contributed by atoms with Crippen LogP contribution < -0.4 is 5.32 Å². The summed E-state index contributed by atoms with van der Waals surface area (Å²) >= 11 is 11.3. The maximum Gasteiger partial charge on any atom is 0.401 e. The minimum absolute atomic E-state index is 0.188. The number of alkyl halides is 3. The number of hydrogen-bond donors (Lipinski definition) is 1. The van der Waals surface area contributed by atoms with E-state index >= 15 is 0 Å². The van der Waals surface area contributed by atoms with Crippen LogP contribution in [0.2, 0.25) is 10.0 Å². The van der Waals surface area contributed by atoms with Crippen LogP contribution in [-0.2, 0) is 0 Å². The molecule has 0 aromatic heterocycles. The molecule has 0 bridgehead atoms. The van der Waals surface area contributed by atoms with Crippen molar-refractivity contribution in [1.29, 1.82) is 0 Å².